The Kier molecular flexibility index (Phi) is 7.24. The minimum absolute atomic E-state index is 0.0380. The van der Waals surface area contributed by atoms with Crippen molar-refractivity contribution in [2.45, 2.75) is 30.7 Å². The molecular formula is C24H22BrNO9. The predicted octanol–water partition coefficient (Wildman–Crippen LogP) is 2.13. The van der Waals surface area contributed by atoms with Gasteiger partial charge in [-0.1, -0.05) is 34.1 Å². The lowest BCUT2D eigenvalue weighted by Gasteiger charge is -2.38. The van der Waals surface area contributed by atoms with Gasteiger partial charge in [0, 0.05) is 4.47 Å². The molecule has 0 radical (unpaired) electrons. The number of ether oxygens (including phenoxy) is 3. The summed E-state index contributed by atoms with van der Waals surface area (Å²) in [7, 11) is 1.47. The number of aliphatic hydroxyl groups is 3. The fraction of sp³-hybridized carbons (Fsp3) is 0.250. The molecule has 4 rings (SSSR count). The lowest BCUT2D eigenvalue weighted by Crippen LogP contribution is -2.61. The minimum Gasteiger partial charge on any atom is -0.495 e. The average molecular weight is 548 g/mol. The molecule has 0 spiro atoms. The van der Waals surface area contributed by atoms with Gasteiger partial charge in [0.15, 0.2) is 6.10 Å². The van der Waals surface area contributed by atoms with E-state index in [2.05, 4.69) is 21.2 Å². The first-order valence-electron chi connectivity index (χ1n) is 10.5. The van der Waals surface area contributed by atoms with Crippen LogP contribution in [0.2, 0.25) is 0 Å². The van der Waals surface area contributed by atoms with Crippen molar-refractivity contribution >= 4 is 44.3 Å². The van der Waals surface area contributed by atoms with E-state index in [0.29, 0.717) is 22.2 Å². The largest absolute Gasteiger partial charge is 0.495 e. The highest BCUT2D eigenvalue weighted by molar-refractivity contribution is 9.10. The zero-order valence-electron chi connectivity index (χ0n) is 18.3. The number of carboxylic acid groups (broad SMARTS) is 1. The van der Waals surface area contributed by atoms with E-state index in [1.165, 1.54) is 13.2 Å². The molecule has 1 aliphatic heterocycles. The molecule has 5 atom stereocenters. The molecule has 1 heterocycles. The molecule has 0 saturated carbocycles. The highest BCUT2D eigenvalue weighted by Crippen LogP contribution is 2.33. The molecule has 35 heavy (non-hydrogen) atoms. The maximum atomic E-state index is 13.3. The number of halogens is 1. The highest BCUT2D eigenvalue weighted by Gasteiger charge is 2.48. The van der Waals surface area contributed by atoms with E-state index in [4.69, 9.17) is 14.2 Å². The fourth-order valence-corrected chi connectivity index (χ4v) is 4.11. The van der Waals surface area contributed by atoms with Crippen molar-refractivity contribution in [3.05, 3.63) is 64.6 Å². The van der Waals surface area contributed by atoms with Crippen molar-refractivity contribution in [3.63, 3.8) is 0 Å². The van der Waals surface area contributed by atoms with Crippen LogP contribution in [-0.4, -0.2) is 70.1 Å². The number of benzene rings is 3. The molecule has 1 amide bonds. The third-order valence-electron chi connectivity index (χ3n) is 5.56. The Morgan fingerprint density at radius 2 is 1.69 bits per heavy atom. The van der Waals surface area contributed by atoms with Crippen molar-refractivity contribution < 1.29 is 44.2 Å². The standard InChI is InChI=1S/C24H22BrNO9/c1-33-16-5-3-2-4-15(16)26-22(30)14-9-12-8-13(25)7-6-11(12)10-17(14)34-24-20(29)18(27)19(28)21(35-24)23(31)32/h2-10,18-21,24,27-29H,1H3,(H,26,30)(H,31,32). The van der Waals surface area contributed by atoms with E-state index < -0.39 is 42.6 Å². The smallest absolute Gasteiger partial charge is 0.335 e. The Morgan fingerprint density at radius 3 is 2.40 bits per heavy atom. The Hall–Kier alpha value is -3.22. The predicted molar refractivity (Wildman–Crippen MR) is 128 cm³/mol. The summed E-state index contributed by atoms with van der Waals surface area (Å²) in [4.78, 5) is 24.7. The molecule has 1 saturated heterocycles. The molecule has 0 aromatic heterocycles. The molecule has 0 bridgehead atoms. The number of hydrogen-bond acceptors (Lipinski definition) is 8. The monoisotopic (exact) mass is 547 g/mol. The molecule has 184 valence electrons. The normalized spacial score (nSPS) is 24.1. The number of fused-ring (bicyclic) bond motifs is 1. The molecule has 5 unspecified atom stereocenters. The molecule has 5 N–H and O–H groups in total. The second-order valence-electron chi connectivity index (χ2n) is 7.85. The van der Waals surface area contributed by atoms with Gasteiger partial charge >= 0.3 is 5.97 Å². The van der Waals surface area contributed by atoms with Crippen LogP contribution in [0.3, 0.4) is 0 Å². The number of anilines is 1. The number of para-hydroxylation sites is 2. The van der Waals surface area contributed by atoms with Crippen LogP contribution >= 0.6 is 15.9 Å². The van der Waals surface area contributed by atoms with Gasteiger partial charge in [-0.15, -0.1) is 0 Å². The van der Waals surface area contributed by atoms with Crippen LogP contribution in [0.5, 0.6) is 11.5 Å². The zero-order valence-corrected chi connectivity index (χ0v) is 19.9. The van der Waals surface area contributed by atoms with Gasteiger partial charge in [-0.2, -0.15) is 0 Å². The average Bonchev–Trinajstić information content (AvgIpc) is 2.84. The maximum Gasteiger partial charge on any atom is 0.335 e. The fourth-order valence-electron chi connectivity index (χ4n) is 3.73. The van der Waals surface area contributed by atoms with Gasteiger partial charge < -0.3 is 40.0 Å². The van der Waals surface area contributed by atoms with E-state index in [0.717, 1.165) is 4.47 Å². The Labute approximate surface area is 207 Å². The van der Waals surface area contributed by atoms with Crippen LogP contribution in [0.4, 0.5) is 5.69 Å². The third-order valence-corrected chi connectivity index (χ3v) is 6.05. The highest BCUT2D eigenvalue weighted by atomic mass is 79.9. The van der Waals surface area contributed by atoms with Crippen molar-refractivity contribution in [2.24, 2.45) is 0 Å². The van der Waals surface area contributed by atoms with Gasteiger partial charge in [0.25, 0.3) is 5.91 Å². The van der Waals surface area contributed by atoms with Crippen LogP contribution in [0, 0.1) is 0 Å². The molecule has 1 aliphatic rings. The van der Waals surface area contributed by atoms with Gasteiger partial charge in [-0.05, 0) is 47.2 Å². The van der Waals surface area contributed by atoms with Gasteiger partial charge in [-0.3, -0.25) is 4.79 Å². The number of hydrogen-bond donors (Lipinski definition) is 5. The number of rotatable bonds is 6. The van der Waals surface area contributed by atoms with E-state index in [-0.39, 0.29) is 11.3 Å². The van der Waals surface area contributed by atoms with Crippen LogP contribution in [0.1, 0.15) is 10.4 Å². The SMILES string of the molecule is COc1ccccc1NC(=O)c1cc2cc(Br)ccc2cc1OC1OC(C(=O)O)C(O)C(O)C1O. The Balaban J connectivity index is 1.73. The quantitative estimate of drug-likeness (QED) is 0.312. The van der Waals surface area contributed by atoms with E-state index >= 15 is 0 Å². The zero-order chi connectivity index (χ0) is 25.3. The molecule has 1 fully saturated rings. The van der Waals surface area contributed by atoms with Gasteiger partial charge in [0.2, 0.25) is 6.29 Å². The molecular weight excluding hydrogens is 526 g/mol. The Morgan fingerprint density at radius 1 is 0.943 bits per heavy atom. The number of aliphatic hydroxyl groups excluding tert-OH is 3. The molecule has 3 aromatic carbocycles. The summed E-state index contributed by atoms with van der Waals surface area (Å²) in [6, 6.07) is 15.2. The second kappa shape index (κ2) is 10.2. The first-order chi connectivity index (χ1) is 16.7. The summed E-state index contributed by atoms with van der Waals surface area (Å²) in [5, 5.41) is 43.9. The van der Waals surface area contributed by atoms with Crippen LogP contribution in [-0.2, 0) is 9.53 Å². The van der Waals surface area contributed by atoms with E-state index in [9.17, 15) is 30.0 Å². The van der Waals surface area contributed by atoms with Crippen molar-refractivity contribution in [3.8, 4) is 11.5 Å². The Bertz CT molecular complexity index is 1270. The molecule has 0 aliphatic carbocycles. The topological polar surface area (TPSA) is 155 Å². The van der Waals surface area contributed by atoms with Gasteiger partial charge in [-0.25, -0.2) is 4.79 Å². The lowest BCUT2D eigenvalue weighted by atomic mass is 9.99. The third kappa shape index (κ3) is 5.09. The van der Waals surface area contributed by atoms with E-state index in [1.54, 1.807) is 48.5 Å². The maximum absolute atomic E-state index is 13.3. The van der Waals surface area contributed by atoms with Crippen LogP contribution in [0.15, 0.2) is 59.1 Å². The summed E-state index contributed by atoms with van der Waals surface area (Å²) in [6.07, 6.45) is -9.03. The number of amides is 1. The first-order valence-corrected chi connectivity index (χ1v) is 11.3. The number of carbonyl (C=O) groups excluding carboxylic acids is 1. The van der Waals surface area contributed by atoms with Gasteiger partial charge in [0.05, 0.1) is 18.4 Å². The summed E-state index contributed by atoms with van der Waals surface area (Å²) < 4.78 is 17.0. The molecule has 3 aromatic rings. The number of aliphatic carboxylic acids is 1. The van der Waals surface area contributed by atoms with Crippen molar-refractivity contribution in [1.29, 1.82) is 0 Å². The van der Waals surface area contributed by atoms with Crippen molar-refractivity contribution in [2.75, 3.05) is 12.4 Å². The second-order valence-corrected chi connectivity index (χ2v) is 8.76. The van der Waals surface area contributed by atoms with Crippen LogP contribution < -0.4 is 14.8 Å². The number of carbonyl (C=O) groups is 2. The first kappa shape index (κ1) is 24.9. The van der Waals surface area contributed by atoms with Gasteiger partial charge in [0.1, 0.15) is 29.8 Å². The molecule has 10 nitrogen and oxygen atoms in total. The van der Waals surface area contributed by atoms with Crippen molar-refractivity contribution in [1.82, 2.24) is 0 Å². The summed E-state index contributed by atoms with van der Waals surface area (Å²) >= 11 is 3.40. The lowest BCUT2D eigenvalue weighted by molar-refractivity contribution is -0.271. The number of methoxy groups -OCH3 is 1. The summed E-state index contributed by atoms with van der Waals surface area (Å²) in [5.74, 6) is -1.73. The number of carboxylic acids is 1. The molecule has 11 heteroatoms. The summed E-state index contributed by atoms with van der Waals surface area (Å²) in [5.41, 5.74) is 0.448. The summed E-state index contributed by atoms with van der Waals surface area (Å²) in [6.45, 7) is 0. The van der Waals surface area contributed by atoms with E-state index in [1.807, 2.05) is 0 Å². The minimum atomic E-state index is -1.87. The number of nitrogens with one attached hydrogen (secondary N) is 1. The van der Waals surface area contributed by atoms with Crippen LogP contribution in [0.25, 0.3) is 10.8 Å².